The van der Waals surface area contributed by atoms with Crippen LogP contribution in [0.4, 0.5) is 0 Å². The minimum Gasteiger partial charge on any atom is -0.382 e. The lowest BCUT2D eigenvalue weighted by Gasteiger charge is -2.37. The lowest BCUT2D eigenvalue weighted by atomic mass is 9.94. The van der Waals surface area contributed by atoms with Crippen molar-refractivity contribution in [1.82, 2.24) is 4.90 Å². The fourth-order valence-corrected chi connectivity index (χ4v) is 2.51. The van der Waals surface area contributed by atoms with Crippen LogP contribution in [0.5, 0.6) is 0 Å². The van der Waals surface area contributed by atoms with Crippen molar-refractivity contribution in [2.45, 2.75) is 11.9 Å². The molecule has 0 amide bonds. The van der Waals surface area contributed by atoms with E-state index in [-0.39, 0.29) is 0 Å². The zero-order chi connectivity index (χ0) is 16.7. The molecule has 4 nitrogen and oxygen atoms in total. The second-order valence-corrected chi connectivity index (χ2v) is 5.70. The van der Waals surface area contributed by atoms with E-state index in [0.717, 1.165) is 17.7 Å². The van der Waals surface area contributed by atoms with Crippen LogP contribution < -0.4 is 0 Å². The van der Waals surface area contributed by atoms with Gasteiger partial charge < -0.3 is 19.5 Å². The number of hydrogen-bond donors (Lipinski definition) is 1. The van der Waals surface area contributed by atoms with Crippen LogP contribution in [0.1, 0.15) is 17.2 Å². The van der Waals surface area contributed by atoms with Crippen molar-refractivity contribution in [2.75, 3.05) is 34.4 Å². The normalized spacial score (nSPS) is 15.3. The zero-order valence-corrected chi connectivity index (χ0v) is 14.0. The Bertz CT molecular complexity index is 574. The summed E-state index contributed by atoms with van der Waals surface area (Å²) >= 11 is 0. The highest BCUT2D eigenvalue weighted by Gasteiger charge is 2.42. The molecule has 0 saturated carbocycles. The second-order valence-electron chi connectivity index (χ2n) is 5.70. The number of ether oxygens (including phenoxy) is 2. The maximum atomic E-state index is 11.0. The third kappa shape index (κ3) is 4.18. The van der Waals surface area contributed by atoms with Gasteiger partial charge in [-0.1, -0.05) is 60.7 Å². The average molecular weight is 315 g/mol. The summed E-state index contributed by atoms with van der Waals surface area (Å²) in [6.07, 6.45) is -0.932. The fourth-order valence-electron chi connectivity index (χ4n) is 2.51. The van der Waals surface area contributed by atoms with Crippen molar-refractivity contribution in [2.24, 2.45) is 0 Å². The van der Waals surface area contributed by atoms with Gasteiger partial charge in [0.15, 0.2) is 0 Å². The van der Waals surface area contributed by atoms with E-state index in [4.69, 9.17) is 9.47 Å². The summed E-state index contributed by atoms with van der Waals surface area (Å²) in [6, 6.07) is 19.0. The Hall–Kier alpha value is -1.72. The molecule has 4 heteroatoms. The second kappa shape index (κ2) is 8.22. The molecule has 2 rings (SSSR count). The summed E-state index contributed by atoms with van der Waals surface area (Å²) in [5.74, 6) is -1.24. The Morgan fingerprint density at radius 2 is 1.57 bits per heavy atom. The van der Waals surface area contributed by atoms with Gasteiger partial charge in [-0.15, -0.1) is 0 Å². The summed E-state index contributed by atoms with van der Waals surface area (Å²) in [5.41, 5.74) is 1.54. The van der Waals surface area contributed by atoms with Crippen molar-refractivity contribution in [1.29, 1.82) is 0 Å². The molecule has 0 spiro atoms. The fraction of sp³-hybridized carbons (Fsp3) is 0.368. The quantitative estimate of drug-likeness (QED) is 0.761. The lowest BCUT2D eigenvalue weighted by molar-refractivity contribution is -0.285. The minimum absolute atomic E-state index is 0.444. The van der Waals surface area contributed by atoms with Crippen LogP contribution in [0, 0.1) is 0 Å². The van der Waals surface area contributed by atoms with Gasteiger partial charge in [-0.05, 0) is 19.7 Å². The summed E-state index contributed by atoms with van der Waals surface area (Å²) < 4.78 is 11.8. The first-order chi connectivity index (χ1) is 11.1. The van der Waals surface area contributed by atoms with Crippen molar-refractivity contribution in [3.05, 3.63) is 71.8 Å². The molecule has 0 aliphatic rings. The van der Waals surface area contributed by atoms with Gasteiger partial charge in [0.25, 0.3) is 0 Å². The molecule has 0 aliphatic heterocycles. The number of rotatable bonds is 8. The number of methoxy groups -OCH3 is 1. The van der Waals surface area contributed by atoms with E-state index in [2.05, 4.69) is 0 Å². The first-order valence-corrected chi connectivity index (χ1v) is 7.72. The molecular weight excluding hydrogens is 290 g/mol. The highest BCUT2D eigenvalue weighted by atomic mass is 16.7. The summed E-state index contributed by atoms with van der Waals surface area (Å²) in [6.45, 7) is 1.18. The minimum atomic E-state index is -1.24. The van der Waals surface area contributed by atoms with E-state index in [9.17, 15) is 5.11 Å². The van der Waals surface area contributed by atoms with Crippen LogP contribution in [0.15, 0.2) is 60.7 Å². The van der Waals surface area contributed by atoms with E-state index in [0.29, 0.717) is 6.61 Å². The van der Waals surface area contributed by atoms with E-state index in [1.54, 1.807) is 7.11 Å². The number of aliphatic hydroxyl groups is 1. The predicted octanol–water partition coefficient (Wildman–Crippen LogP) is 2.80. The molecule has 23 heavy (non-hydrogen) atoms. The maximum Gasteiger partial charge on any atom is 0.225 e. The topological polar surface area (TPSA) is 41.9 Å². The van der Waals surface area contributed by atoms with Crippen molar-refractivity contribution in [3.8, 4) is 0 Å². The van der Waals surface area contributed by atoms with Crippen molar-refractivity contribution < 1.29 is 14.6 Å². The largest absolute Gasteiger partial charge is 0.382 e. The average Bonchev–Trinajstić information content (AvgIpc) is 2.60. The highest BCUT2D eigenvalue weighted by molar-refractivity contribution is 5.27. The van der Waals surface area contributed by atoms with Gasteiger partial charge in [0.1, 0.15) is 6.10 Å². The SMILES string of the molecule is COC(OCCN(C)C)(c1ccccc1)C(O)c1ccccc1. The standard InChI is InChI=1S/C19H25NO3/c1-20(2)14-15-23-19(22-3,17-12-8-5-9-13-17)18(21)16-10-6-4-7-11-16/h4-13,18,21H,14-15H2,1-3H3. The zero-order valence-electron chi connectivity index (χ0n) is 14.0. The number of likely N-dealkylation sites (N-methyl/N-ethyl adjacent to an activating group) is 1. The van der Waals surface area contributed by atoms with Gasteiger partial charge in [0.05, 0.1) is 6.61 Å². The molecule has 1 N–H and O–H groups in total. The van der Waals surface area contributed by atoms with Crippen LogP contribution in [0.3, 0.4) is 0 Å². The van der Waals surface area contributed by atoms with Crippen LogP contribution in [0.25, 0.3) is 0 Å². The maximum absolute atomic E-state index is 11.0. The van der Waals surface area contributed by atoms with Gasteiger partial charge in [0.2, 0.25) is 5.79 Å². The number of benzene rings is 2. The Labute approximate surface area is 138 Å². The van der Waals surface area contributed by atoms with E-state index < -0.39 is 11.9 Å². The molecule has 0 aliphatic carbocycles. The molecule has 124 valence electrons. The smallest absolute Gasteiger partial charge is 0.225 e. The summed E-state index contributed by atoms with van der Waals surface area (Å²) in [5, 5.41) is 11.0. The first-order valence-electron chi connectivity index (χ1n) is 7.72. The van der Waals surface area contributed by atoms with Crippen molar-refractivity contribution >= 4 is 0 Å². The van der Waals surface area contributed by atoms with Gasteiger partial charge in [0, 0.05) is 19.2 Å². The van der Waals surface area contributed by atoms with Crippen molar-refractivity contribution in [3.63, 3.8) is 0 Å². The Kier molecular flexibility index (Phi) is 6.30. The third-order valence-corrected chi connectivity index (χ3v) is 3.81. The molecular formula is C19H25NO3. The van der Waals surface area contributed by atoms with Gasteiger partial charge in [-0.25, -0.2) is 0 Å². The highest BCUT2D eigenvalue weighted by Crippen LogP contribution is 2.39. The number of nitrogens with zero attached hydrogens (tertiary/aromatic N) is 1. The third-order valence-electron chi connectivity index (χ3n) is 3.81. The van der Waals surface area contributed by atoms with Crippen LogP contribution >= 0.6 is 0 Å². The number of aliphatic hydroxyl groups excluding tert-OH is 1. The van der Waals surface area contributed by atoms with Crippen LogP contribution in [-0.2, 0) is 15.3 Å². The van der Waals surface area contributed by atoms with E-state index in [1.807, 2.05) is 79.7 Å². The predicted molar refractivity (Wildman–Crippen MR) is 91.0 cm³/mol. The molecule has 0 saturated heterocycles. The molecule has 0 aromatic heterocycles. The van der Waals surface area contributed by atoms with Crippen LogP contribution in [0.2, 0.25) is 0 Å². The van der Waals surface area contributed by atoms with Gasteiger partial charge >= 0.3 is 0 Å². The van der Waals surface area contributed by atoms with Crippen LogP contribution in [-0.4, -0.2) is 44.4 Å². The summed E-state index contributed by atoms with van der Waals surface area (Å²) in [4.78, 5) is 2.03. The van der Waals surface area contributed by atoms with Gasteiger partial charge in [-0.3, -0.25) is 0 Å². The Balaban J connectivity index is 2.36. The molecule has 2 atom stereocenters. The van der Waals surface area contributed by atoms with Gasteiger partial charge in [-0.2, -0.15) is 0 Å². The molecule has 2 aromatic rings. The van der Waals surface area contributed by atoms with E-state index >= 15 is 0 Å². The number of hydrogen-bond acceptors (Lipinski definition) is 4. The van der Waals surface area contributed by atoms with E-state index in [1.165, 1.54) is 0 Å². The Morgan fingerprint density at radius 1 is 1.00 bits per heavy atom. The molecule has 0 radical (unpaired) electrons. The first kappa shape index (κ1) is 17.6. The molecule has 0 fully saturated rings. The molecule has 0 heterocycles. The Morgan fingerprint density at radius 3 is 2.09 bits per heavy atom. The monoisotopic (exact) mass is 315 g/mol. The molecule has 2 unspecified atom stereocenters. The lowest BCUT2D eigenvalue weighted by Crippen LogP contribution is -2.40. The summed E-state index contributed by atoms with van der Waals surface area (Å²) in [7, 11) is 5.52. The molecule has 2 aromatic carbocycles. The molecule has 0 bridgehead atoms.